The molecule has 3 aromatic rings. The highest BCUT2D eigenvalue weighted by molar-refractivity contribution is 7.15. The minimum Gasteiger partial charge on any atom is -0.493 e. The highest BCUT2D eigenvalue weighted by Gasteiger charge is 2.10. The monoisotopic (exact) mass is 406 g/mol. The smallest absolute Gasteiger partial charge is 0.331 e. The number of methoxy groups -OCH3 is 2. The van der Waals surface area contributed by atoms with Crippen LogP contribution in [-0.2, 0) is 16.1 Å². The summed E-state index contributed by atoms with van der Waals surface area (Å²) in [6.07, 6.45) is 4.44. The lowest BCUT2D eigenvalue weighted by Gasteiger charge is -2.10. The maximum absolute atomic E-state index is 11.9. The number of carbonyl (C=O) groups excluding carboxylic acids is 1. The van der Waals surface area contributed by atoms with Gasteiger partial charge in [-0.2, -0.15) is 0 Å². The molecule has 0 aliphatic heterocycles. The van der Waals surface area contributed by atoms with E-state index >= 15 is 0 Å². The lowest BCUT2D eigenvalue weighted by molar-refractivity contribution is -0.139. The van der Waals surface area contributed by atoms with Crippen molar-refractivity contribution in [2.24, 2.45) is 0 Å². The molecule has 0 radical (unpaired) electrons. The van der Waals surface area contributed by atoms with Gasteiger partial charge in [0.25, 0.3) is 5.56 Å². The summed E-state index contributed by atoms with van der Waals surface area (Å²) in [4.78, 5) is 28.7. The van der Waals surface area contributed by atoms with Crippen LogP contribution in [0.3, 0.4) is 0 Å². The van der Waals surface area contributed by atoms with Crippen LogP contribution in [0.4, 0.5) is 0 Å². The number of halogens is 1. The molecule has 0 amide bonds. The summed E-state index contributed by atoms with van der Waals surface area (Å²) in [6.45, 7) is -0.0977. The maximum Gasteiger partial charge on any atom is 0.331 e. The van der Waals surface area contributed by atoms with Crippen molar-refractivity contribution in [1.29, 1.82) is 0 Å². The molecule has 0 saturated carbocycles. The van der Waals surface area contributed by atoms with Gasteiger partial charge < -0.3 is 14.2 Å². The molecular weight excluding hydrogens is 392 g/mol. The Morgan fingerprint density at radius 2 is 2.11 bits per heavy atom. The fraction of sp³-hybridized carbons (Fsp3) is 0.167. The zero-order chi connectivity index (χ0) is 19.4. The molecule has 3 rings (SSSR count). The topological polar surface area (TPSA) is 79.1 Å². The van der Waals surface area contributed by atoms with E-state index in [0.29, 0.717) is 32.7 Å². The normalized spacial score (nSPS) is 11.1. The summed E-state index contributed by atoms with van der Waals surface area (Å²) in [5.41, 5.74) is 0.812. The number of thiazole rings is 1. The molecule has 2 aromatic heterocycles. The predicted octanol–water partition coefficient (Wildman–Crippen LogP) is 3.18. The van der Waals surface area contributed by atoms with E-state index in [0.717, 1.165) is 0 Å². The molecule has 9 heteroatoms. The lowest BCUT2D eigenvalue weighted by atomic mass is 10.2. The van der Waals surface area contributed by atoms with Gasteiger partial charge in [-0.05, 0) is 23.8 Å². The Morgan fingerprint density at radius 1 is 1.30 bits per heavy atom. The second-order valence-electron chi connectivity index (χ2n) is 5.32. The first kappa shape index (κ1) is 18.9. The maximum atomic E-state index is 11.9. The Hall–Kier alpha value is -2.84. The van der Waals surface area contributed by atoms with Gasteiger partial charge in [0.2, 0.25) is 0 Å². The molecule has 0 spiro atoms. The molecule has 140 valence electrons. The summed E-state index contributed by atoms with van der Waals surface area (Å²) in [5, 5.41) is 2.12. The van der Waals surface area contributed by atoms with Crippen molar-refractivity contribution in [3.05, 3.63) is 62.5 Å². The average molecular weight is 407 g/mol. The van der Waals surface area contributed by atoms with Gasteiger partial charge in [-0.3, -0.25) is 9.20 Å². The molecule has 0 bridgehead atoms. The Kier molecular flexibility index (Phi) is 5.78. The van der Waals surface area contributed by atoms with Crippen LogP contribution < -0.4 is 15.0 Å². The van der Waals surface area contributed by atoms with E-state index in [1.807, 2.05) is 0 Å². The van der Waals surface area contributed by atoms with Gasteiger partial charge in [0.05, 0.1) is 24.9 Å². The highest BCUT2D eigenvalue weighted by atomic mass is 35.5. The molecule has 2 heterocycles. The van der Waals surface area contributed by atoms with Crippen molar-refractivity contribution >= 4 is 39.9 Å². The molecule has 0 fully saturated rings. The number of carbonyl (C=O) groups is 1. The van der Waals surface area contributed by atoms with Gasteiger partial charge >= 0.3 is 5.97 Å². The Labute approximate surface area is 163 Å². The van der Waals surface area contributed by atoms with Crippen LogP contribution in [0.2, 0.25) is 5.02 Å². The summed E-state index contributed by atoms with van der Waals surface area (Å²) in [7, 11) is 2.99. The first-order valence-electron chi connectivity index (χ1n) is 7.74. The summed E-state index contributed by atoms with van der Waals surface area (Å²) in [5.74, 6) is 0.293. The van der Waals surface area contributed by atoms with Crippen molar-refractivity contribution in [2.45, 2.75) is 6.61 Å². The van der Waals surface area contributed by atoms with E-state index in [2.05, 4.69) is 4.98 Å². The number of ether oxygens (including phenoxy) is 3. The molecule has 0 aliphatic carbocycles. The third-order valence-corrected chi connectivity index (χ3v) is 4.62. The van der Waals surface area contributed by atoms with E-state index < -0.39 is 5.97 Å². The number of hydrogen-bond donors (Lipinski definition) is 0. The molecule has 27 heavy (non-hydrogen) atoms. The van der Waals surface area contributed by atoms with E-state index in [4.69, 9.17) is 25.8 Å². The van der Waals surface area contributed by atoms with Crippen molar-refractivity contribution in [2.75, 3.05) is 14.2 Å². The molecule has 0 aliphatic rings. The number of benzene rings is 1. The molecule has 0 N–H and O–H groups in total. The van der Waals surface area contributed by atoms with Gasteiger partial charge in [-0.15, -0.1) is 11.3 Å². The minimum absolute atomic E-state index is 0.0977. The van der Waals surface area contributed by atoms with Crippen LogP contribution in [0.15, 0.2) is 40.6 Å². The van der Waals surface area contributed by atoms with Crippen LogP contribution in [0, 0.1) is 0 Å². The third kappa shape index (κ3) is 4.29. The molecule has 0 unspecified atom stereocenters. The Morgan fingerprint density at radius 3 is 2.85 bits per heavy atom. The summed E-state index contributed by atoms with van der Waals surface area (Å²) in [6, 6.07) is 4.66. The van der Waals surface area contributed by atoms with E-state index in [1.54, 1.807) is 29.8 Å². The highest BCUT2D eigenvalue weighted by Crippen LogP contribution is 2.36. The van der Waals surface area contributed by atoms with Crippen molar-refractivity contribution < 1.29 is 19.0 Å². The van der Waals surface area contributed by atoms with Crippen LogP contribution in [0.25, 0.3) is 11.0 Å². The standard InChI is InChI=1S/C18H15ClN2O5S/c1-24-14-8-11(7-13(19)17(14)25-2)3-4-16(23)26-10-12-9-15(22)21-5-6-27-18(21)20-12/h3-9H,10H2,1-2H3. The van der Waals surface area contributed by atoms with Crippen molar-refractivity contribution in [3.63, 3.8) is 0 Å². The first-order chi connectivity index (χ1) is 13.0. The molecule has 0 atom stereocenters. The lowest BCUT2D eigenvalue weighted by Crippen LogP contribution is -2.14. The second kappa shape index (κ2) is 8.24. The molecular formula is C18H15ClN2O5S. The minimum atomic E-state index is -0.575. The Bertz CT molecular complexity index is 1070. The van der Waals surface area contributed by atoms with Crippen LogP contribution >= 0.6 is 22.9 Å². The number of nitrogens with zero attached hydrogens (tertiary/aromatic N) is 2. The second-order valence-corrected chi connectivity index (χ2v) is 6.60. The summed E-state index contributed by atoms with van der Waals surface area (Å²) < 4.78 is 16.9. The van der Waals surface area contributed by atoms with Crippen molar-refractivity contribution in [3.8, 4) is 11.5 Å². The number of aromatic nitrogens is 2. The largest absolute Gasteiger partial charge is 0.493 e. The average Bonchev–Trinajstić information content (AvgIpc) is 3.13. The van der Waals surface area contributed by atoms with E-state index in [1.165, 1.54) is 42.1 Å². The number of fused-ring (bicyclic) bond motifs is 1. The van der Waals surface area contributed by atoms with E-state index in [9.17, 15) is 9.59 Å². The molecule has 0 saturated heterocycles. The SMILES string of the molecule is COc1cc(C=CC(=O)OCc2cc(=O)n3ccsc3n2)cc(Cl)c1OC. The van der Waals surface area contributed by atoms with E-state index in [-0.39, 0.29) is 12.2 Å². The predicted molar refractivity (Wildman–Crippen MR) is 103 cm³/mol. The first-order valence-corrected chi connectivity index (χ1v) is 8.99. The van der Waals surface area contributed by atoms with Crippen LogP contribution in [0.5, 0.6) is 11.5 Å². The molecule has 7 nitrogen and oxygen atoms in total. The van der Waals surface area contributed by atoms with Gasteiger partial charge in [-0.1, -0.05) is 11.6 Å². The summed E-state index contributed by atoms with van der Waals surface area (Å²) >= 11 is 7.46. The van der Waals surface area contributed by atoms with Gasteiger partial charge in [0.1, 0.15) is 6.61 Å². The Balaban J connectivity index is 1.68. The van der Waals surface area contributed by atoms with Crippen LogP contribution in [-0.4, -0.2) is 29.6 Å². The van der Waals surface area contributed by atoms with Crippen LogP contribution in [0.1, 0.15) is 11.3 Å². The fourth-order valence-electron chi connectivity index (χ4n) is 2.35. The number of esters is 1. The number of rotatable bonds is 6. The van der Waals surface area contributed by atoms with Gasteiger partial charge in [0, 0.05) is 23.7 Å². The number of hydrogen-bond acceptors (Lipinski definition) is 7. The van der Waals surface area contributed by atoms with Crippen molar-refractivity contribution in [1.82, 2.24) is 9.38 Å². The quantitative estimate of drug-likeness (QED) is 0.462. The van der Waals surface area contributed by atoms with Gasteiger partial charge in [-0.25, -0.2) is 9.78 Å². The molecule has 1 aromatic carbocycles. The fourth-order valence-corrected chi connectivity index (χ4v) is 3.39. The third-order valence-electron chi connectivity index (χ3n) is 3.59. The zero-order valence-corrected chi connectivity index (χ0v) is 16.0. The van der Waals surface area contributed by atoms with Gasteiger partial charge in [0.15, 0.2) is 16.5 Å². The zero-order valence-electron chi connectivity index (χ0n) is 14.5.